The molecule has 6 nitrogen and oxygen atoms in total. The molecule has 7 heteroatoms. The van der Waals surface area contributed by atoms with Crippen LogP contribution in [0.4, 0.5) is 4.39 Å². The minimum Gasteiger partial charge on any atom is -0.496 e. The topological polar surface area (TPSA) is 56.6 Å². The number of benzene rings is 2. The largest absolute Gasteiger partial charge is 0.496 e. The van der Waals surface area contributed by atoms with Crippen LogP contribution in [0.3, 0.4) is 0 Å². The summed E-state index contributed by atoms with van der Waals surface area (Å²) in [7, 11) is 3.16. The zero-order valence-corrected chi connectivity index (χ0v) is 19.2. The standard InChI is InChI=1S/C26H28FN3O3/c1-18-16-30(17-28-18)23-10-9-19(15-25(23)33-3)14-20-6-5-12-29(26(20)31)13-11-21-22(27)7-4-8-24(21)32-2/h4,7-10,14-17H,5-6,11-13H2,1-3H3/b20-14+. The molecule has 1 aromatic heterocycles. The summed E-state index contributed by atoms with van der Waals surface area (Å²) < 4.78 is 27.1. The molecule has 2 aromatic carbocycles. The molecule has 4 rings (SSSR count). The van der Waals surface area contributed by atoms with Crippen molar-refractivity contribution in [2.24, 2.45) is 0 Å². The van der Waals surface area contributed by atoms with E-state index in [-0.39, 0.29) is 11.7 Å². The van der Waals surface area contributed by atoms with Gasteiger partial charge in [0.15, 0.2) is 0 Å². The molecule has 0 radical (unpaired) electrons. The smallest absolute Gasteiger partial charge is 0.249 e. The molecule has 1 aliphatic heterocycles. The van der Waals surface area contributed by atoms with Crippen molar-refractivity contribution in [2.45, 2.75) is 26.2 Å². The molecule has 1 fully saturated rings. The Morgan fingerprint density at radius 1 is 1.15 bits per heavy atom. The number of rotatable bonds is 7. The van der Waals surface area contributed by atoms with Crippen LogP contribution >= 0.6 is 0 Å². The van der Waals surface area contributed by atoms with Gasteiger partial charge in [-0.25, -0.2) is 9.37 Å². The summed E-state index contributed by atoms with van der Waals surface area (Å²) in [5, 5.41) is 0. The molecule has 0 bridgehead atoms. The Hall–Kier alpha value is -3.61. The Bertz CT molecular complexity index is 1190. The van der Waals surface area contributed by atoms with E-state index < -0.39 is 0 Å². The Morgan fingerprint density at radius 3 is 2.70 bits per heavy atom. The van der Waals surface area contributed by atoms with Crippen LogP contribution in [0.25, 0.3) is 11.8 Å². The summed E-state index contributed by atoms with van der Waals surface area (Å²) in [5.74, 6) is 0.892. The quantitative estimate of drug-likeness (QED) is 0.495. The summed E-state index contributed by atoms with van der Waals surface area (Å²) in [4.78, 5) is 19.2. The van der Waals surface area contributed by atoms with Gasteiger partial charge in [-0.2, -0.15) is 0 Å². The van der Waals surface area contributed by atoms with Gasteiger partial charge in [0.1, 0.15) is 17.3 Å². The van der Waals surface area contributed by atoms with Crippen LogP contribution in [0.1, 0.15) is 29.7 Å². The molecule has 0 atom stereocenters. The number of methoxy groups -OCH3 is 2. The summed E-state index contributed by atoms with van der Waals surface area (Å²) in [5.41, 5.74) is 3.95. The van der Waals surface area contributed by atoms with E-state index in [2.05, 4.69) is 4.98 Å². The average molecular weight is 450 g/mol. The van der Waals surface area contributed by atoms with Crippen LogP contribution in [0.15, 0.2) is 54.5 Å². The normalized spacial score (nSPS) is 15.2. The number of imidazole rings is 1. The van der Waals surface area contributed by atoms with Crippen molar-refractivity contribution in [3.63, 3.8) is 0 Å². The highest BCUT2D eigenvalue weighted by molar-refractivity contribution is 5.98. The fraction of sp³-hybridized carbons (Fsp3) is 0.308. The molecule has 0 spiro atoms. The highest BCUT2D eigenvalue weighted by atomic mass is 19.1. The van der Waals surface area contributed by atoms with Gasteiger partial charge in [-0.05, 0) is 62.1 Å². The lowest BCUT2D eigenvalue weighted by molar-refractivity contribution is -0.128. The zero-order valence-electron chi connectivity index (χ0n) is 19.2. The third kappa shape index (κ3) is 4.92. The van der Waals surface area contributed by atoms with Crippen molar-refractivity contribution in [2.75, 3.05) is 27.3 Å². The van der Waals surface area contributed by atoms with E-state index in [1.807, 2.05) is 42.0 Å². The maximum Gasteiger partial charge on any atom is 0.249 e. The Balaban J connectivity index is 1.51. The van der Waals surface area contributed by atoms with Gasteiger partial charge in [0.2, 0.25) is 5.91 Å². The summed E-state index contributed by atoms with van der Waals surface area (Å²) >= 11 is 0. The lowest BCUT2D eigenvalue weighted by Gasteiger charge is -2.29. The Kier molecular flexibility index (Phi) is 6.77. The van der Waals surface area contributed by atoms with Crippen LogP contribution < -0.4 is 9.47 Å². The number of hydrogen-bond acceptors (Lipinski definition) is 4. The minimum absolute atomic E-state index is 0.00941. The van der Waals surface area contributed by atoms with Gasteiger partial charge in [0.25, 0.3) is 0 Å². The van der Waals surface area contributed by atoms with Gasteiger partial charge in [0.05, 0.1) is 31.9 Å². The van der Waals surface area contributed by atoms with Crippen LogP contribution in [0, 0.1) is 12.7 Å². The number of aromatic nitrogens is 2. The van der Waals surface area contributed by atoms with Gasteiger partial charge in [-0.3, -0.25) is 4.79 Å². The first-order chi connectivity index (χ1) is 16.0. The number of piperidine rings is 1. The maximum absolute atomic E-state index is 14.3. The molecule has 0 saturated carbocycles. The van der Waals surface area contributed by atoms with Crippen LogP contribution in [-0.4, -0.2) is 47.7 Å². The van der Waals surface area contributed by atoms with Crippen molar-refractivity contribution >= 4 is 12.0 Å². The molecule has 33 heavy (non-hydrogen) atoms. The third-order valence-corrected chi connectivity index (χ3v) is 5.90. The lowest BCUT2D eigenvalue weighted by Crippen LogP contribution is -2.38. The molecule has 0 aliphatic carbocycles. The molecule has 2 heterocycles. The zero-order chi connectivity index (χ0) is 23.4. The van der Waals surface area contributed by atoms with Crippen molar-refractivity contribution in [3.8, 4) is 17.2 Å². The van der Waals surface area contributed by atoms with Crippen LogP contribution in [0.5, 0.6) is 11.5 Å². The number of amides is 1. The number of ether oxygens (including phenoxy) is 2. The van der Waals surface area contributed by atoms with Crippen molar-refractivity contribution in [1.29, 1.82) is 0 Å². The number of carbonyl (C=O) groups excluding carboxylic acids is 1. The fourth-order valence-electron chi connectivity index (χ4n) is 4.19. The van der Waals surface area contributed by atoms with Crippen LogP contribution in [-0.2, 0) is 11.2 Å². The highest BCUT2D eigenvalue weighted by Crippen LogP contribution is 2.28. The predicted molar refractivity (Wildman–Crippen MR) is 125 cm³/mol. The highest BCUT2D eigenvalue weighted by Gasteiger charge is 2.24. The molecule has 0 unspecified atom stereocenters. The van der Waals surface area contributed by atoms with Gasteiger partial charge in [-0.15, -0.1) is 0 Å². The van der Waals surface area contributed by atoms with E-state index in [9.17, 15) is 9.18 Å². The Morgan fingerprint density at radius 2 is 1.97 bits per heavy atom. The number of likely N-dealkylation sites (tertiary alicyclic amines) is 1. The molecular weight excluding hydrogens is 421 g/mol. The summed E-state index contributed by atoms with van der Waals surface area (Å²) in [6, 6.07) is 10.6. The molecule has 1 aliphatic rings. The first-order valence-corrected chi connectivity index (χ1v) is 11.0. The third-order valence-electron chi connectivity index (χ3n) is 5.90. The van der Waals surface area contributed by atoms with Gasteiger partial charge < -0.3 is 18.9 Å². The first kappa shape index (κ1) is 22.6. The predicted octanol–water partition coefficient (Wildman–Crippen LogP) is 4.59. The first-order valence-electron chi connectivity index (χ1n) is 11.0. The number of aryl methyl sites for hydroxylation is 1. The van der Waals surface area contributed by atoms with Gasteiger partial charge >= 0.3 is 0 Å². The minimum atomic E-state index is -0.310. The van der Waals surface area contributed by atoms with E-state index in [4.69, 9.17) is 9.47 Å². The van der Waals surface area contributed by atoms with Gasteiger partial charge in [0, 0.05) is 30.4 Å². The van der Waals surface area contributed by atoms with Crippen molar-refractivity contribution in [1.82, 2.24) is 14.5 Å². The van der Waals surface area contributed by atoms with E-state index in [1.54, 1.807) is 30.5 Å². The summed E-state index contributed by atoms with van der Waals surface area (Å²) in [6.45, 7) is 3.04. The van der Waals surface area contributed by atoms with E-state index in [1.165, 1.54) is 13.2 Å². The maximum atomic E-state index is 14.3. The summed E-state index contributed by atoms with van der Waals surface area (Å²) in [6.07, 6.45) is 7.59. The van der Waals surface area contributed by atoms with E-state index in [0.29, 0.717) is 43.0 Å². The number of carbonyl (C=O) groups is 1. The van der Waals surface area contributed by atoms with Crippen LogP contribution in [0.2, 0.25) is 0 Å². The number of halogens is 1. The van der Waals surface area contributed by atoms with Gasteiger partial charge in [-0.1, -0.05) is 12.1 Å². The lowest BCUT2D eigenvalue weighted by atomic mass is 9.99. The molecule has 1 amide bonds. The fourth-order valence-corrected chi connectivity index (χ4v) is 4.19. The van der Waals surface area contributed by atoms with Crippen molar-refractivity contribution in [3.05, 3.63) is 77.1 Å². The molecule has 1 saturated heterocycles. The van der Waals surface area contributed by atoms with E-state index >= 15 is 0 Å². The molecule has 3 aromatic rings. The second kappa shape index (κ2) is 9.90. The molecule has 0 N–H and O–H groups in total. The second-order valence-electron chi connectivity index (χ2n) is 8.09. The SMILES string of the molecule is COc1cc(/C=C2\CCCN(CCc3c(F)cccc3OC)C2=O)ccc1-n1cnc(C)c1. The second-order valence-corrected chi connectivity index (χ2v) is 8.09. The van der Waals surface area contributed by atoms with Crippen molar-refractivity contribution < 1.29 is 18.7 Å². The Labute approximate surface area is 193 Å². The van der Waals surface area contributed by atoms with E-state index in [0.717, 1.165) is 28.9 Å². The molecule has 172 valence electrons. The average Bonchev–Trinajstić information content (AvgIpc) is 3.26. The molecular formula is C26H28FN3O3. The monoisotopic (exact) mass is 449 g/mol. The number of nitrogens with zero attached hydrogens (tertiary/aromatic N) is 3. The number of hydrogen-bond donors (Lipinski definition) is 0.